The van der Waals surface area contributed by atoms with Crippen molar-refractivity contribution < 1.29 is 4.79 Å². The first-order chi connectivity index (χ1) is 14.0. The van der Waals surface area contributed by atoms with Crippen molar-refractivity contribution in [1.29, 1.82) is 0 Å². The molecular weight excluding hydrogens is 364 g/mol. The van der Waals surface area contributed by atoms with E-state index in [0.717, 1.165) is 24.1 Å². The number of benzene rings is 1. The van der Waals surface area contributed by atoms with Crippen molar-refractivity contribution in [2.45, 2.75) is 39.7 Å². The van der Waals surface area contributed by atoms with Gasteiger partial charge < -0.3 is 5.32 Å². The number of carbonyl (C=O) groups excluding carboxylic acids is 1. The second-order valence-electron chi connectivity index (χ2n) is 7.19. The average Bonchev–Trinajstić information content (AvgIpc) is 2.74. The minimum Gasteiger partial charge on any atom is -0.352 e. The van der Waals surface area contributed by atoms with E-state index >= 15 is 0 Å². The SMILES string of the molecule is CCCCNC(=O)c1cnc(-c2ccccc2)c(-c2ccc(=O)n(C(C)C)n2)c1. The van der Waals surface area contributed by atoms with Gasteiger partial charge >= 0.3 is 0 Å². The molecule has 1 aromatic carbocycles. The Balaban J connectivity index is 2.11. The van der Waals surface area contributed by atoms with E-state index in [0.29, 0.717) is 23.4 Å². The Morgan fingerprint density at radius 1 is 1.14 bits per heavy atom. The smallest absolute Gasteiger partial charge is 0.267 e. The Labute approximate surface area is 170 Å². The molecule has 6 nitrogen and oxygen atoms in total. The lowest BCUT2D eigenvalue weighted by Gasteiger charge is -2.14. The van der Waals surface area contributed by atoms with Crippen molar-refractivity contribution in [2.75, 3.05) is 6.54 Å². The first kappa shape index (κ1) is 20.5. The minimum absolute atomic E-state index is 0.0730. The molecule has 0 aliphatic carbocycles. The van der Waals surface area contributed by atoms with Crippen molar-refractivity contribution in [2.24, 2.45) is 0 Å². The van der Waals surface area contributed by atoms with Crippen LogP contribution in [-0.2, 0) is 0 Å². The van der Waals surface area contributed by atoms with Crippen LogP contribution < -0.4 is 10.9 Å². The van der Waals surface area contributed by atoms with Gasteiger partial charge in [0, 0.05) is 29.9 Å². The number of nitrogens with one attached hydrogen (secondary N) is 1. The fourth-order valence-electron chi connectivity index (χ4n) is 3.03. The molecular formula is C23H26N4O2. The first-order valence-electron chi connectivity index (χ1n) is 9.95. The molecule has 3 aromatic rings. The third-order valence-corrected chi connectivity index (χ3v) is 4.60. The molecule has 3 rings (SSSR count). The molecule has 0 aliphatic heterocycles. The Morgan fingerprint density at radius 2 is 1.90 bits per heavy atom. The van der Waals surface area contributed by atoms with Gasteiger partial charge in [-0.05, 0) is 32.4 Å². The van der Waals surface area contributed by atoms with Crippen LogP contribution in [-0.4, -0.2) is 27.2 Å². The molecule has 6 heteroatoms. The van der Waals surface area contributed by atoms with E-state index in [2.05, 4.69) is 22.3 Å². The monoisotopic (exact) mass is 390 g/mol. The highest BCUT2D eigenvalue weighted by Crippen LogP contribution is 2.29. The van der Waals surface area contributed by atoms with Gasteiger partial charge in [-0.2, -0.15) is 5.10 Å². The molecule has 1 N–H and O–H groups in total. The second kappa shape index (κ2) is 9.28. The van der Waals surface area contributed by atoms with Crippen molar-refractivity contribution in [3.05, 3.63) is 70.6 Å². The summed E-state index contributed by atoms with van der Waals surface area (Å²) in [5, 5.41) is 7.46. The molecule has 1 amide bonds. The maximum atomic E-state index is 12.6. The fraction of sp³-hybridized carbons (Fsp3) is 0.304. The predicted octanol–water partition coefficient (Wildman–Crippen LogP) is 4.08. The quantitative estimate of drug-likeness (QED) is 0.617. The summed E-state index contributed by atoms with van der Waals surface area (Å²) < 4.78 is 1.44. The van der Waals surface area contributed by atoms with Gasteiger partial charge in [0.05, 0.1) is 23.0 Å². The summed E-state index contributed by atoms with van der Waals surface area (Å²) in [5.41, 5.74) is 3.27. The van der Waals surface area contributed by atoms with Gasteiger partial charge in [0.15, 0.2) is 0 Å². The van der Waals surface area contributed by atoms with E-state index in [9.17, 15) is 9.59 Å². The molecule has 2 aromatic heterocycles. The predicted molar refractivity (Wildman–Crippen MR) is 115 cm³/mol. The van der Waals surface area contributed by atoms with Crippen LogP contribution in [0.2, 0.25) is 0 Å². The lowest BCUT2D eigenvalue weighted by atomic mass is 10.0. The summed E-state index contributed by atoms with van der Waals surface area (Å²) in [5.74, 6) is -0.163. The lowest BCUT2D eigenvalue weighted by Crippen LogP contribution is -2.25. The van der Waals surface area contributed by atoms with E-state index in [4.69, 9.17) is 0 Å². The zero-order chi connectivity index (χ0) is 20.8. The third kappa shape index (κ3) is 4.77. The van der Waals surface area contributed by atoms with Crippen molar-refractivity contribution in [3.8, 4) is 22.5 Å². The van der Waals surface area contributed by atoms with Gasteiger partial charge in [-0.25, -0.2) is 4.68 Å². The number of carbonyl (C=O) groups is 1. The highest BCUT2D eigenvalue weighted by atomic mass is 16.1. The zero-order valence-corrected chi connectivity index (χ0v) is 17.1. The molecule has 0 saturated heterocycles. The van der Waals surface area contributed by atoms with E-state index in [1.54, 1.807) is 18.3 Å². The Hall–Kier alpha value is -3.28. The number of amides is 1. The van der Waals surface area contributed by atoms with Crippen LogP contribution in [0.5, 0.6) is 0 Å². The van der Waals surface area contributed by atoms with E-state index in [1.165, 1.54) is 10.7 Å². The summed E-state index contributed by atoms with van der Waals surface area (Å²) in [4.78, 5) is 29.3. The highest BCUT2D eigenvalue weighted by Gasteiger charge is 2.16. The van der Waals surface area contributed by atoms with Crippen LogP contribution in [0.1, 0.15) is 50.0 Å². The first-order valence-corrected chi connectivity index (χ1v) is 9.95. The average molecular weight is 390 g/mol. The number of pyridine rings is 1. The molecule has 0 fully saturated rings. The van der Waals surface area contributed by atoms with E-state index in [1.807, 2.05) is 44.2 Å². The summed E-state index contributed by atoms with van der Waals surface area (Å²) >= 11 is 0. The molecule has 0 saturated carbocycles. The largest absolute Gasteiger partial charge is 0.352 e. The molecule has 0 aliphatic rings. The molecule has 0 atom stereocenters. The maximum absolute atomic E-state index is 12.6. The molecule has 0 spiro atoms. The summed E-state index contributed by atoms with van der Waals surface area (Å²) in [6, 6.07) is 14.7. The van der Waals surface area contributed by atoms with E-state index in [-0.39, 0.29) is 17.5 Å². The Morgan fingerprint density at radius 3 is 2.59 bits per heavy atom. The molecule has 0 radical (unpaired) electrons. The number of rotatable bonds is 7. The standard InChI is InChI=1S/C23H26N4O2/c1-4-5-13-24-23(29)18-14-19(20-11-12-21(28)27(26-20)16(2)3)22(25-15-18)17-9-7-6-8-10-17/h6-12,14-16H,4-5,13H2,1-3H3,(H,24,29). The third-order valence-electron chi connectivity index (χ3n) is 4.60. The van der Waals surface area contributed by atoms with Gasteiger partial charge in [0.1, 0.15) is 0 Å². The number of aromatic nitrogens is 3. The van der Waals surface area contributed by atoms with Crippen LogP contribution in [0.15, 0.2) is 59.5 Å². The van der Waals surface area contributed by atoms with Crippen molar-refractivity contribution >= 4 is 5.91 Å². The number of nitrogens with zero attached hydrogens (tertiary/aromatic N) is 3. The molecule has 2 heterocycles. The van der Waals surface area contributed by atoms with E-state index < -0.39 is 0 Å². The Kier molecular flexibility index (Phi) is 6.54. The van der Waals surface area contributed by atoms with Crippen molar-refractivity contribution in [3.63, 3.8) is 0 Å². The maximum Gasteiger partial charge on any atom is 0.267 e. The normalized spacial score (nSPS) is 10.9. The van der Waals surface area contributed by atoms with Gasteiger partial charge in [0.25, 0.3) is 11.5 Å². The number of unbranched alkanes of at least 4 members (excludes halogenated alkanes) is 1. The van der Waals surface area contributed by atoms with Crippen LogP contribution >= 0.6 is 0 Å². The molecule has 150 valence electrons. The van der Waals surface area contributed by atoms with Crippen LogP contribution in [0, 0.1) is 0 Å². The molecule has 0 bridgehead atoms. The fourth-order valence-corrected chi connectivity index (χ4v) is 3.03. The number of hydrogen-bond acceptors (Lipinski definition) is 4. The second-order valence-corrected chi connectivity index (χ2v) is 7.19. The molecule has 29 heavy (non-hydrogen) atoms. The minimum atomic E-state index is -0.163. The van der Waals surface area contributed by atoms with Gasteiger partial charge in [0.2, 0.25) is 0 Å². The van der Waals surface area contributed by atoms with Crippen molar-refractivity contribution in [1.82, 2.24) is 20.1 Å². The van der Waals surface area contributed by atoms with Gasteiger partial charge in [-0.15, -0.1) is 0 Å². The molecule has 0 unspecified atom stereocenters. The van der Waals surface area contributed by atoms with Gasteiger partial charge in [-0.3, -0.25) is 14.6 Å². The van der Waals surface area contributed by atoms with Crippen LogP contribution in [0.3, 0.4) is 0 Å². The Bertz CT molecular complexity index is 1040. The van der Waals surface area contributed by atoms with Crippen LogP contribution in [0.25, 0.3) is 22.5 Å². The lowest BCUT2D eigenvalue weighted by molar-refractivity contribution is 0.0953. The zero-order valence-electron chi connectivity index (χ0n) is 17.1. The topological polar surface area (TPSA) is 76.9 Å². The summed E-state index contributed by atoms with van der Waals surface area (Å²) in [6.45, 7) is 6.52. The summed E-state index contributed by atoms with van der Waals surface area (Å²) in [7, 11) is 0. The highest BCUT2D eigenvalue weighted by molar-refractivity contribution is 5.96. The summed E-state index contributed by atoms with van der Waals surface area (Å²) in [6.07, 6.45) is 3.53. The van der Waals surface area contributed by atoms with Crippen LogP contribution in [0.4, 0.5) is 0 Å². The number of hydrogen-bond donors (Lipinski definition) is 1. The van der Waals surface area contributed by atoms with Gasteiger partial charge in [-0.1, -0.05) is 43.7 Å².